The first-order valence-corrected chi connectivity index (χ1v) is 11.8. The number of hydrogen-bond donors (Lipinski definition) is 7. The van der Waals surface area contributed by atoms with E-state index in [1.807, 2.05) is 20.1 Å². The molecule has 12 nitrogen and oxygen atoms in total. The van der Waals surface area contributed by atoms with Crippen molar-refractivity contribution in [3.8, 4) is 0 Å². The van der Waals surface area contributed by atoms with Crippen LogP contribution in [0.3, 0.4) is 0 Å². The maximum absolute atomic E-state index is 12.9. The molecule has 0 rings (SSSR count). The van der Waals surface area contributed by atoms with E-state index in [1.165, 1.54) is 11.8 Å². The molecule has 4 unspecified atom stereocenters. The lowest BCUT2D eigenvalue weighted by Gasteiger charge is -2.25. The van der Waals surface area contributed by atoms with E-state index in [4.69, 9.17) is 22.3 Å². The molecule has 3 amide bonds. The van der Waals surface area contributed by atoms with Gasteiger partial charge in [-0.2, -0.15) is 11.8 Å². The van der Waals surface area contributed by atoms with Crippen LogP contribution in [0.4, 0.5) is 0 Å². The van der Waals surface area contributed by atoms with Crippen molar-refractivity contribution in [2.45, 2.75) is 57.7 Å². The van der Waals surface area contributed by atoms with Gasteiger partial charge in [0.15, 0.2) is 5.96 Å². The summed E-state index contributed by atoms with van der Waals surface area (Å²) in [7, 11) is 0. The predicted molar refractivity (Wildman–Crippen MR) is 125 cm³/mol. The number of carboxylic acid groups (broad SMARTS) is 1. The minimum atomic E-state index is -1.20. The van der Waals surface area contributed by atoms with E-state index in [0.717, 1.165) is 0 Å². The van der Waals surface area contributed by atoms with Crippen molar-refractivity contribution in [2.75, 3.05) is 25.1 Å². The fraction of sp³-hybridized carbons (Fsp3) is 0.737. The van der Waals surface area contributed by atoms with Gasteiger partial charge in [-0.15, -0.1) is 0 Å². The molecule has 10 N–H and O–H groups in total. The van der Waals surface area contributed by atoms with Crippen LogP contribution in [0.1, 0.15) is 39.5 Å². The number of carbonyl (C=O) groups is 4. The Labute approximate surface area is 192 Å². The number of nitrogens with one attached hydrogen (secondary N) is 3. The van der Waals surface area contributed by atoms with Gasteiger partial charge in [0, 0.05) is 6.54 Å². The molecule has 0 spiro atoms. The largest absolute Gasteiger partial charge is 0.480 e. The van der Waals surface area contributed by atoms with E-state index in [1.54, 1.807) is 0 Å². The summed E-state index contributed by atoms with van der Waals surface area (Å²) in [4.78, 5) is 52.4. The molecule has 0 heterocycles. The summed E-state index contributed by atoms with van der Waals surface area (Å²) in [6.45, 7) is 3.44. The van der Waals surface area contributed by atoms with Crippen LogP contribution in [0, 0.1) is 5.92 Å². The van der Waals surface area contributed by atoms with Crippen LogP contribution in [-0.2, 0) is 19.2 Å². The van der Waals surface area contributed by atoms with Crippen LogP contribution in [0.15, 0.2) is 4.99 Å². The lowest BCUT2D eigenvalue weighted by atomic mass is 9.98. The topological polar surface area (TPSA) is 215 Å². The van der Waals surface area contributed by atoms with E-state index in [2.05, 4.69) is 20.9 Å². The summed E-state index contributed by atoms with van der Waals surface area (Å²) in [5.41, 5.74) is 16.6. The Morgan fingerprint density at radius 1 is 1.03 bits per heavy atom. The molecule has 0 aliphatic heterocycles. The van der Waals surface area contributed by atoms with Crippen LogP contribution in [0.25, 0.3) is 0 Å². The highest BCUT2D eigenvalue weighted by atomic mass is 32.2. The van der Waals surface area contributed by atoms with Crippen LogP contribution < -0.4 is 33.2 Å². The molecule has 4 atom stereocenters. The Kier molecular flexibility index (Phi) is 14.9. The Bertz CT molecular complexity index is 658. The van der Waals surface area contributed by atoms with Crippen molar-refractivity contribution in [1.29, 1.82) is 0 Å². The second-order valence-electron chi connectivity index (χ2n) is 7.38. The molecule has 0 aromatic carbocycles. The SMILES string of the molecule is CCC(C)C(N)C(=O)NC(CCCN=C(N)N)C(=O)NC(CCSC)C(=O)NCC(=O)O. The number of nitrogens with zero attached hydrogens (tertiary/aromatic N) is 1. The smallest absolute Gasteiger partial charge is 0.322 e. The quantitative estimate of drug-likeness (QED) is 0.0771. The zero-order chi connectivity index (χ0) is 24.7. The van der Waals surface area contributed by atoms with E-state index in [-0.39, 0.29) is 24.8 Å². The molecule has 13 heteroatoms. The first kappa shape index (κ1) is 29.5. The maximum atomic E-state index is 12.9. The molecular formula is C19H37N7O5S. The Balaban J connectivity index is 5.35. The molecule has 0 saturated heterocycles. The van der Waals surface area contributed by atoms with E-state index < -0.39 is 48.4 Å². The van der Waals surface area contributed by atoms with Crippen LogP contribution in [0.5, 0.6) is 0 Å². The fourth-order valence-electron chi connectivity index (χ4n) is 2.62. The number of thioether (sulfide) groups is 1. The summed E-state index contributed by atoms with van der Waals surface area (Å²) in [5, 5.41) is 16.3. The zero-order valence-electron chi connectivity index (χ0n) is 18.9. The van der Waals surface area contributed by atoms with Gasteiger partial charge in [0.05, 0.1) is 6.04 Å². The standard InChI is InChI=1S/C19H37N7O5S/c1-4-11(2)15(20)18(31)26-12(6-5-8-23-19(21)22)17(30)25-13(7-9-32-3)16(29)24-10-14(27)28/h11-13,15H,4-10,20H2,1-3H3,(H,24,29)(H,25,30)(H,26,31)(H,27,28)(H4,21,22,23). The van der Waals surface area contributed by atoms with Crippen molar-refractivity contribution in [3.63, 3.8) is 0 Å². The van der Waals surface area contributed by atoms with Gasteiger partial charge in [0.1, 0.15) is 18.6 Å². The van der Waals surface area contributed by atoms with Crippen molar-refractivity contribution in [1.82, 2.24) is 16.0 Å². The molecular weight excluding hydrogens is 438 g/mol. The second-order valence-corrected chi connectivity index (χ2v) is 8.36. The van der Waals surface area contributed by atoms with Gasteiger partial charge < -0.3 is 38.3 Å². The Morgan fingerprint density at radius 3 is 2.16 bits per heavy atom. The van der Waals surface area contributed by atoms with Gasteiger partial charge >= 0.3 is 5.97 Å². The van der Waals surface area contributed by atoms with Gasteiger partial charge in [-0.05, 0) is 37.2 Å². The minimum absolute atomic E-state index is 0.0824. The average molecular weight is 476 g/mol. The van der Waals surface area contributed by atoms with Crippen LogP contribution in [0.2, 0.25) is 0 Å². The van der Waals surface area contributed by atoms with Crippen molar-refractivity contribution >= 4 is 41.4 Å². The fourth-order valence-corrected chi connectivity index (χ4v) is 3.09. The number of nitrogens with two attached hydrogens (primary N) is 3. The van der Waals surface area contributed by atoms with E-state index in [0.29, 0.717) is 25.0 Å². The number of guanidine groups is 1. The van der Waals surface area contributed by atoms with Gasteiger partial charge in [-0.25, -0.2) is 0 Å². The highest BCUT2D eigenvalue weighted by Crippen LogP contribution is 2.08. The number of carboxylic acids is 1. The van der Waals surface area contributed by atoms with Gasteiger partial charge in [-0.1, -0.05) is 20.3 Å². The molecule has 0 bridgehead atoms. The van der Waals surface area contributed by atoms with Crippen molar-refractivity contribution < 1.29 is 24.3 Å². The number of aliphatic carboxylic acids is 1. The normalized spacial score (nSPS) is 14.4. The molecule has 0 aliphatic rings. The van der Waals surface area contributed by atoms with Crippen LogP contribution >= 0.6 is 11.8 Å². The summed E-state index contributed by atoms with van der Waals surface area (Å²) >= 11 is 1.47. The highest BCUT2D eigenvalue weighted by molar-refractivity contribution is 7.98. The average Bonchev–Trinajstić information content (AvgIpc) is 2.75. The molecule has 0 aliphatic carbocycles. The van der Waals surface area contributed by atoms with Gasteiger partial charge in [0.2, 0.25) is 17.7 Å². The Hall–Kier alpha value is -2.54. The molecule has 0 aromatic heterocycles. The zero-order valence-corrected chi connectivity index (χ0v) is 19.7. The van der Waals surface area contributed by atoms with E-state index in [9.17, 15) is 19.2 Å². The minimum Gasteiger partial charge on any atom is -0.480 e. The summed E-state index contributed by atoms with van der Waals surface area (Å²) < 4.78 is 0. The second kappa shape index (κ2) is 16.1. The first-order chi connectivity index (χ1) is 15.0. The lowest BCUT2D eigenvalue weighted by Crippen LogP contribution is -2.56. The number of aliphatic imine (C=N–C) groups is 1. The van der Waals surface area contributed by atoms with Crippen molar-refractivity contribution in [3.05, 3.63) is 0 Å². The van der Waals surface area contributed by atoms with Gasteiger partial charge in [-0.3, -0.25) is 24.2 Å². The molecule has 0 radical (unpaired) electrons. The molecule has 184 valence electrons. The predicted octanol–water partition coefficient (Wildman–Crippen LogP) is -1.66. The van der Waals surface area contributed by atoms with Gasteiger partial charge in [0.25, 0.3) is 0 Å². The van der Waals surface area contributed by atoms with Crippen molar-refractivity contribution in [2.24, 2.45) is 28.1 Å². The number of hydrogen-bond acceptors (Lipinski definition) is 7. The maximum Gasteiger partial charge on any atom is 0.322 e. The summed E-state index contributed by atoms with van der Waals surface area (Å²) in [5.74, 6) is -2.47. The number of amides is 3. The molecule has 0 fully saturated rings. The van der Waals surface area contributed by atoms with E-state index >= 15 is 0 Å². The summed E-state index contributed by atoms with van der Waals surface area (Å²) in [6.07, 6.45) is 3.44. The first-order valence-electron chi connectivity index (χ1n) is 10.4. The molecule has 0 aromatic rings. The monoisotopic (exact) mass is 475 g/mol. The Morgan fingerprint density at radius 2 is 1.62 bits per heavy atom. The summed E-state index contributed by atoms with van der Waals surface area (Å²) in [6, 6.07) is -2.70. The molecule has 0 saturated carbocycles. The highest BCUT2D eigenvalue weighted by Gasteiger charge is 2.29. The lowest BCUT2D eigenvalue weighted by molar-refractivity contribution is -0.138. The third kappa shape index (κ3) is 12.3. The third-order valence-electron chi connectivity index (χ3n) is 4.80. The number of rotatable bonds is 16. The third-order valence-corrected chi connectivity index (χ3v) is 5.44. The van der Waals surface area contributed by atoms with Crippen LogP contribution in [-0.4, -0.2) is 78.0 Å². The molecule has 32 heavy (non-hydrogen) atoms. The number of carbonyl (C=O) groups excluding carboxylic acids is 3.